The third kappa shape index (κ3) is 3.71. The van der Waals surface area contributed by atoms with Gasteiger partial charge in [0.25, 0.3) is 5.91 Å². The standard InChI is InChI=1S/C15H23N3O2/c1-12(16)13-5-3-4-6-14(13)20-11-15(19)18-9-7-17(2)8-10-18/h3-6,12H,7-11,16H2,1-2H3/t12-/m1/s1. The van der Waals surface area contributed by atoms with Crippen molar-refractivity contribution in [2.24, 2.45) is 5.73 Å². The molecule has 2 rings (SSSR count). The third-order valence-electron chi connectivity index (χ3n) is 3.62. The molecular weight excluding hydrogens is 254 g/mol. The summed E-state index contributed by atoms with van der Waals surface area (Å²) in [6, 6.07) is 7.50. The minimum Gasteiger partial charge on any atom is -0.483 e. The summed E-state index contributed by atoms with van der Waals surface area (Å²) in [4.78, 5) is 16.2. The number of benzene rings is 1. The van der Waals surface area contributed by atoms with Crippen LogP contribution in [0.2, 0.25) is 0 Å². The lowest BCUT2D eigenvalue weighted by Crippen LogP contribution is -2.48. The van der Waals surface area contributed by atoms with Gasteiger partial charge in [0.15, 0.2) is 6.61 Å². The number of ether oxygens (including phenoxy) is 1. The maximum Gasteiger partial charge on any atom is 0.260 e. The molecule has 1 fully saturated rings. The number of nitrogens with two attached hydrogens (primary N) is 1. The molecule has 1 amide bonds. The zero-order chi connectivity index (χ0) is 14.5. The molecule has 0 aromatic heterocycles. The Morgan fingerprint density at radius 2 is 1.95 bits per heavy atom. The van der Waals surface area contributed by atoms with E-state index in [0.29, 0.717) is 5.75 Å². The first-order valence-electron chi connectivity index (χ1n) is 7.01. The number of hydrogen-bond donors (Lipinski definition) is 1. The Kier molecular flexibility index (Phi) is 4.98. The molecule has 0 radical (unpaired) electrons. The van der Waals surface area contributed by atoms with Crippen molar-refractivity contribution < 1.29 is 9.53 Å². The zero-order valence-corrected chi connectivity index (χ0v) is 12.2. The summed E-state index contributed by atoms with van der Waals surface area (Å²) in [6.45, 7) is 5.36. The van der Waals surface area contributed by atoms with Crippen LogP contribution in [0.15, 0.2) is 24.3 Å². The van der Waals surface area contributed by atoms with E-state index in [2.05, 4.69) is 11.9 Å². The van der Waals surface area contributed by atoms with Gasteiger partial charge in [-0.3, -0.25) is 4.79 Å². The summed E-state index contributed by atoms with van der Waals surface area (Å²) in [6.07, 6.45) is 0. The maximum absolute atomic E-state index is 12.1. The third-order valence-corrected chi connectivity index (χ3v) is 3.62. The van der Waals surface area contributed by atoms with Gasteiger partial charge in [0.2, 0.25) is 0 Å². The van der Waals surface area contributed by atoms with Crippen LogP contribution < -0.4 is 10.5 Å². The van der Waals surface area contributed by atoms with Gasteiger partial charge in [-0.05, 0) is 20.0 Å². The number of amides is 1. The van der Waals surface area contributed by atoms with Crippen LogP contribution >= 0.6 is 0 Å². The highest BCUT2D eigenvalue weighted by Crippen LogP contribution is 2.23. The van der Waals surface area contributed by atoms with Crippen LogP contribution in [0.1, 0.15) is 18.5 Å². The Morgan fingerprint density at radius 3 is 2.60 bits per heavy atom. The molecule has 5 nitrogen and oxygen atoms in total. The second kappa shape index (κ2) is 6.72. The molecule has 1 aliphatic rings. The summed E-state index contributed by atoms with van der Waals surface area (Å²) >= 11 is 0. The molecule has 0 spiro atoms. The van der Waals surface area contributed by atoms with Crippen molar-refractivity contribution in [1.29, 1.82) is 0 Å². The zero-order valence-electron chi connectivity index (χ0n) is 12.2. The lowest BCUT2D eigenvalue weighted by atomic mass is 10.1. The van der Waals surface area contributed by atoms with Crippen LogP contribution in [0.25, 0.3) is 0 Å². The molecule has 1 aliphatic heterocycles. The van der Waals surface area contributed by atoms with Crippen molar-refractivity contribution in [2.45, 2.75) is 13.0 Å². The lowest BCUT2D eigenvalue weighted by Gasteiger charge is -2.32. The molecular formula is C15H23N3O2. The van der Waals surface area contributed by atoms with Crippen molar-refractivity contribution >= 4 is 5.91 Å². The minimum atomic E-state index is -0.107. The van der Waals surface area contributed by atoms with Crippen LogP contribution in [-0.4, -0.2) is 55.5 Å². The molecule has 1 aromatic carbocycles. The number of hydrogen-bond acceptors (Lipinski definition) is 4. The monoisotopic (exact) mass is 277 g/mol. The summed E-state index contributed by atoms with van der Waals surface area (Å²) in [5.74, 6) is 0.738. The number of nitrogens with zero attached hydrogens (tertiary/aromatic N) is 2. The van der Waals surface area contributed by atoms with Crippen LogP contribution in [0, 0.1) is 0 Å². The van der Waals surface area contributed by atoms with Crippen LogP contribution in [-0.2, 0) is 4.79 Å². The Hall–Kier alpha value is -1.59. The predicted molar refractivity (Wildman–Crippen MR) is 78.6 cm³/mol. The van der Waals surface area contributed by atoms with E-state index in [4.69, 9.17) is 10.5 Å². The van der Waals surface area contributed by atoms with Gasteiger partial charge in [0, 0.05) is 37.8 Å². The van der Waals surface area contributed by atoms with Gasteiger partial charge < -0.3 is 20.3 Å². The number of para-hydroxylation sites is 1. The van der Waals surface area contributed by atoms with Crippen LogP contribution in [0.4, 0.5) is 0 Å². The molecule has 0 saturated carbocycles. The van der Waals surface area contributed by atoms with Gasteiger partial charge >= 0.3 is 0 Å². The summed E-state index contributed by atoms with van der Waals surface area (Å²) in [5.41, 5.74) is 6.83. The first-order chi connectivity index (χ1) is 9.58. The fourth-order valence-electron chi connectivity index (χ4n) is 2.27. The highest BCUT2D eigenvalue weighted by molar-refractivity contribution is 5.78. The van der Waals surface area contributed by atoms with Crippen molar-refractivity contribution in [3.05, 3.63) is 29.8 Å². The summed E-state index contributed by atoms with van der Waals surface area (Å²) in [7, 11) is 2.07. The second-order valence-corrected chi connectivity index (χ2v) is 5.30. The predicted octanol–water partition coefficient (Wildman–Crippen LogP) is 0.859. The van der Waals surface area contributed by atoms with E-state index in [1.54, 1.807) is 0 Å². The normalized spacial score (nSPS) is 17.9. The van der Waals surface area contributed by atoms with Gasteiger partial charge in [-0.1, -0.05) is 18.2 Å². The van der Waals surface area contributed by atoms with Crippen LogP contribution in [0.3, 0.4) is 0 Å². The van der Waals surface area contributed by atoms with Crippen molar-refractivity contribution in [3.8, 4) is 5.75 Å². The van der Waals surface area contributed by atoms with E-state index in [0.717, 1.165) is 31.7 Å². The fourth-order valence-corrected chi connectivity index (χ4v) is 2.27. The van der Waals surface area contributed by atoms with Crippen molar-refractivity contribution in [1.82, 2.24) is 9.80 Å². The van der Waals surface area contributed by atoms with Gasteiger partial charge in [-0.2, -0.15) is 0 Å². The number of likely N-dealkylation sites (N-methyl/N-ethyl adjacent to an activating group) is 1. The first-order valence-corrected chi connectivity index (χ1v) is 7.01. The van der Waals surface area contributed by atoms with E-state index in [9.17, 15) is 4.79 Å². The van der Waals surface area contributed by atoms with E-state index < -0.39 is 0 Å². The number of piperazine rings is 1. The van der Waals surface area contributed by atoms with Crippen LogP contribution in [0.5, 0.6) is 5.75 Å². The molecule has 0 unspecified atom stereocenters. The Balaban J connectivity index is 1.90. The Morgan fingerprint density at radius 1 is 1.30 bits per heavy atom. The molecule has 1 saturated heterocycles. The largest absolute Gasteiger partial charge is 0.483 e. The average Bonchev–Trinajstić information content (AvgIpc) is 2.45. The first kappa shape index (κ1) is 14.8. The van der Waals surface area contributed by atoms with Crippen molar-refractivity contribution in [2.75, 3.05) is 39.8 Å². The average molecular weight is 277 g/mol. The van der Waals surface area contributed by atoms with E-state index in [-0.39, 0.29) is 18.6 Å². The second-order valence-electron chi connectivity index (χ2n) is 5.30. The molecule has 1 aromatic rings. The highest BCUT2D eigenvalue weighted by atomic mass is 16.5. The quantitative estimate of drug-likeness (QED) is 0.887. The topological polar surface area (TPSA) is 58.8 Å². The molecule has 2 N–H and O–H groups in total. The summed E-state index contributed by atoms with van der Waals surface area (Å²) < 4.78 is 5.66. The lowest BCUT2D eigenvalue weighted by molar-refractivity contribution is -0.134. The van der Waals surface area contributed by atoms with Gasteiger partial charge in [-0.15, -0.1) is 0 Å². The number of rotatable bonds is 4. The minimum absolute atomic E-state index is 0.0394. The summed E-state index contributed by atoms with van der Waals surface area (Å²) in [5, 5.41) is 0. The van der Waals surface area contributed by atoms with E-state index >= 15 is 0 Å². The molecule has 5 heteroatoms. The molecule has 1 atom stereocenters. The smallest absolute Gasteiger partial charge is 0.260 e. The van der Waals surface area contributed by atoms with Gasteiger partial charge in [-0.25, -0.2) is 0 Å². The van der Waals surface area contributed by atoms with E-state index in [1.165, 1.54) is 0 Å². The molecule has 20 heavy (non-hydrogen) atoms. The van der Waals surface area contributed by atoms with E-state index in [1.807, 2.05) is 36.1 Å². The SMILES string of the molecule is C[C@@H](N)c1ccccc1OCC(=O)N1CCN(C)CC1. The number of carbonyl (C=O) groups excluding carboxylic acids is 1. The highest BCUT2D eigenvalue weighted by Gasteiger charge is 2.19. The molecule has 1 heterocycles. The Bertz CT molecular complexity index is 454. The molecule has 0 bridgehead atoms. The molecule has 110 valence electrons. The Labute approximate surface area is 120 Å². The molecule has 0 aliphatic carbocycles. The van der Waals surface area contributed by atoms with Crippen molar-refractivity contribution in [3.63, 3.8) is 0 Å². The number of carbonyl (C=O) groups is 1. The van der Waals surface area contributed by atoms with Gasteiger partial charge in [0.1, 0.15) is 5.75 Å². The van der Waals surface area contributed by atoms with Gasteiger partial charge in [0.05, 0.1) is 0 Å². The fraction of sp³-hybridized carbons (Fsp3) is 0.533. The maximum atomic E-state index is 12.1.